The Bertz CT molecular complexity index is 660. The summed E-state index contributed by atoms with van der Waals surface area (Å²) < 4.78 is 0.566. The molecule has 2 aromatic rings. The van der Waals surface area contributed by atoms with E-state index >= 15 is 0 Å². The van der Waals surface area contributed by atoms with E-state index in [1.165, 1.54) is 28.7 Å². The molecule has 0 aliphatic rings. The molecule has 2 rings (SSSR count). The molecule has 0 bridgehead atoms. The van der Waals surface area contributed by atoms with Crippen LogP contribution >= 0.6 is 34.3 Å². The van der Waals surface area contributed by atoms with E-state index in [2.05, 4.69) is 5.32 Å². The van der Waals surface area contributed by atoms with Crippen molar-refractivity contribution in [2.24, 2.45) is 0 Å². The van der Waals surface area contributed by atoms with E-state index in [4.69, 9.17) is 16.7 Å². The van der Waals surface area contributed by atoms with Crippen LogP contribution in [0.1, 0.15) is 20.1 Å². The maximum atomic E-state index is 11.9. The van der Waals surface area contributed by atoms with Gasteiger partial charge < -0.3 is 10.4 Å². The fourth-order valence-electron chi connectivity index (χ4n) is 1.49. The molecule has 0 atom stereocenters. The van der Waals surface area contributed by atoms with Crippen molar-refractivity contribution in [2.75, 3.05) is 0 Å². The van der Waals surface area contributed by atoms with Gasteiger partial charge in [-0.3, -0.25) is 4.79 Å². The Kier molecular flexibility index (Phi) is 4.94. The number of carboxylic acid groups (broad SMARTS) is 1. The zero-order valence-corrected chi connectivity index (χ0v) is 12.5. The van der Waals surface area contributed by atoms with Crippen LogP contribution in [0, 0.1) is 0 Å². The molecular formula is C13H10ClNO3S2. The number of hydrogen-bond donors (Lipinski definition) is 2. The summed E-state index contributed by atoms with van der Waals surface area (Å²) >= 11 is 8.45. The summed E-state index contributed by atoms with van der Waals surface area (Å²) in [4.78, 5) is 23.8. The number of carbonyl (C=O) groups is 2. The van der Waals surface area contributed by atoms with Gasteiger partial charge >= 0.3 is 5.97 Å². The van der Waals surface area contributed by atoms with Gasteiger partial charge in [-0.05, 0) is 35.2 Å². The molecule has 1 amide bonds. The van der Waals surface area contributed by atoms with Crippen LogP contribution in [0.3, 0.4) is 0 Å². The first-order valence-corrected chi connectivity index (χ1v) is 7.64. The number of halogens is 1. The normalized spacial score (nSPS) is 10.8. The Morgan fingerprint density at radius 1 is 1.35 bits per heavy atom. The number of rotatable bonds is 5. The first-order valence-electron chi connectivity index (χ1n) is 5.57. The van der Waals surface area contributed by atoms with Crippen LogP contribution in [0.25, 0.3) is 6.08 Å². The summed E-state index contributed by atoms with van der Waals surface area (Å²) in [7, 11) is 0. The Hall–Kier alpha value is -1.63. The van der Waals surface area contributed by atoms with Gasteiger partial charge in [-0.1, -0.05) is 11.6 Å². The van der Waals surface area contributed by atoms with Gasteiger partial charge in [0.25, 0.3) is 5.91 Å². The zero-order chi connectivity index (χ0) is 14.5. The van der Waals surface area contributed by atoms with Gasteiger partial charge in [0.15, 0.2) is 0 Å². The van der Waals surface area contributed by atoms with Gasteiger partial charge in [0.2, 0.25) is 0 Å². The zero-order valence-electron chi connectivity index (χ0n) is 10.1. The third-order valence-electron chi connectivity index (χ3n) is 2.39. The lowest BCUT2D eigenvalue weighted by atomic mass is 10.2. The fraction of sp³-hybridized carbons (Fsp3) is 0.0769. The molecule has 20 heavy (non-hydrogen) atoms. The second-order valence-electron chi connectivity index (χ2n) is 3.76. The standard InChI is InChI=1S/C13H10ClNO3S2/c14-11-3-2-9(20-11)13(18)15-7-10-8(5-6-19-10)1-4-12(16)17/h1-6H,7H2,(H,15,18)(H,16,17)/b4-1+. The highest BCUT2D eigenvalue weighted by atomic mass is 35.5. The average molecular weight is 328 g/mol. The topological polar surface area (TPSA) is 66.4 Å². The van der Waals surface area contributed by atoms with E-state index in [9.17, 15) is 9.59 Å². The highest BCUT2D eigenvalue weighted by Crippen LogP contribution is 2.22. The van der Waals surface area contributed by atoms with Crippen molar-refractivity contribution < 1.29 is 14.7 Å². The average Bonchev–Trinajstić information content (AvgIpc) is 3.02. The molecular weight excluding hydrogens is 318 g/mol. The molecule has 0 saturated heterocycles. The smallest absolute Gasteiger partial charge is 0.328 e. The third kappa shape index (κ3) is 3.93. The lowest BCUT2D eigenvalue weighted by Crippen LogP contribution is -2.21. The van der Waals surface area contributed by atoms with E-state index in [1.54, 1.807) is 12.1 Å². The molecule has 0 aliphatic heterocycles. The summed E-state index contributed by atoms with van der Waals surface area (Å²) in [6, 6.07) is 5.16. The monoisotopic (exact) mass is 327 g/mol. The molecule has 0 saturated carbocycles. The van der Waals surface area contributed by atoms with E-state index < -0.39 is 5.97 Å². The maximum absolute atomic E-state index is 11.9. The first kappa shape index (κ1) is 14.8. The molecule has 0 unspecified atom stereocenters. The number of amides is 1. The lowest BCUT2D eigenvalue weighted by molar-refractivity contribution is -0.131. The van der Waals surface area contributed by atoms with Gasteiger partial charge in [-0.15, -0.1) is 22.7 Å². The predicted octanol–water partition coefficient (Wildman–Crippen LogP) is 3.49. The molecule has 2 N–H and O–H groups in total. The highest BCUT2D eigenvalue weighted by molar-refractivity contribution is 7.18. The van der Waals surface area contributed by atoms with E-state index in [1.807, 2.05) is 11.4 Å². The van der Waals surface area contributed by atoms with Gasteiger partial charge in [0.05, 0.1) is 15.8 Å². The molecule has 0 fully saturated rings. The summed E-state index contributed by atoms with van der Waals surface area (Å²) in [6.45, 7) is 0.352. The largest absolute Gasteiger partial charge is 0.478 e. The molecule has 2 aromatic heterocycles. The second-order valence-corrected chi connectivity index (χ2v) is 6.47. The van der Waals surface area contributed by atoms with Crippen molar-refractivity contribution >= 4 is 52.2 Å². The quantitative estimate of drug-likeness (QED) is 0.826. The Morgan fingerprint density at radius 2 is 2.15 bits per heavy atom. The van der Waals surface area contributed by atoms with Gasteiger partial charge in [-0.25, -0.2) is 4.79 Å². The van der Waals surface area contributed by atoms with E-state index in [-0.39, 0.29) is 5.91 Å². The van der Waals surface area contributed by atoms with Crippen LogP contribution in [0.4, 0.5) is 0 Å². The Balaban J connectivity index is 1.99. The van der Waals surface area contributed by atoms with Crippen molar-refractivity contribution in [3.63, 3.8) is 0 Å². The van der Waals surface area contributed by atoms with Gasteiger partial charge in [0.1, 0.15) is 0 Å². The summed E-state index contributed by atoms with van der Waals surface area (Å²) in [5.41, 5.74) is 0.793. The highest BCUT2D eigenvalue weighted by Gasteiger charge is 2.09. The maximum Gasteiger partial charge on any atom is 0.328 e. The first-order chi connectivity index (χ1) is 9.56. The SMILES string of the molecule is O=C(O)/C=C/c1ccsc1CNC(=O)c1ccc(Cl)s1. The molecule has 104 valence electrons. The number of hydrogen-bond acceptors (Lipinski definition) is 4. The van der Waals surface area contributed by atoms with E-state index in [0.29, 0.717) is 15.8 Å². The van der Waals surface area contributed by atoms with Crippen LogP contribution < -0.4 is 5.32 Å². The third-order valence-corrected chi connectivity index (χ3v) is 4.56. The Labute approximate surface area is 128 Å². The number of carbonyl (C=O) groups excluding carboxylic acids is 1. The number of thiophene rings is 2. The molecule has 0 aliphatic carbocycles. The van der Waals surface area contributed by atoms with Crippen molar-refractivity contribution in [3.8, 4) is 0 Å². The fourth-order valence-corrected chi connectivity index (χ4v) is 3.25. The van der Waals surface area contributed by atoms with Crippen molar-refractivity contribution in [1.29, 1.82) is 0 Å². The number of carboxylic acids is 1. The molecule has 0 radical (unpaired) electrons. The molecule has 0 aromatic carbocycles. The predicted molar refractivity (Wildman–Crippen MR) is 81.5 cm³/mol. The summed E-state index contributed by atoms with van der Waals surface area (Å²) in [6.07, 6.45) is 2.59. The van der Waals surface area contributed by atoms with Crippen LogP contribution in [-0.4, -0.2) is 17.0 Å². The molecule has 2 heterocycles. The van der Waals surface area contributed by atoms with Crippen molar-refractivity contribution in [1.82, 2.24) is 5.32 Å². The van der Waals surface area contributed by atoms with Gasteiger partial charge in [0, 0.05) is 11.0 Å². The minimum absolute atomic E-state index is 0.191. The summed E-state index contributed by atoms with van der Waals surface area (Å²) in [5, 5.41) is 13.2. The number of nitrogens with one attached hydrogen (secondary N) is 1. The molecule has 7 heteroatoms. The van der Waals surface area contributed by atoms with Crippen LogP contribution in [0.15, 0.2) is 29.7 Å². The molecule has 4 nitrogen and oxygen atoms in total. The minimum atomic E-state index is -1.00. The molecule has 0 spiro atoms. The minimum Gasteiger partial charge on any atom is -0.478 e. The number of aliphatic carboxylic acids is 1. The van der Waals surface area contributed by atoms with Crippen LogP contribution in [0.2, 0.25) is 4.34 Å². The lowest BCUT2D eigenvalue weighted by Gasteiger charge is -2.02. The van der Waals surface area contributed by atoms with Crippen molar-refractivity contribution in [2.45, 2.75) is 6.54 Å². The van der Waals surface area contributed by atoms with Gasteiger partial charge in [-0.2, -0.15) is 0 Å². The van der Waals surface area contributed by atoms with Crippen LogP contribution in [0.5, 0.6) is 0 Å². The second kappa shape index (κ2) is 6.69. The van der Waals surface area contributed by atoms with Crippen LogP contribution in [-0.2, 0) is 11.3 Å². The van der Waals surface area contributed by atoms with E-state index in [0.717, 1.165) is 16.5 Å². The Morgan fingerprint density at radius 3 is 2.80 bits per heavy atom. The van der Waals surface area contributed by atoms with Crippen molar-refractivity contribution in [3.05, 3.63) is 49.3 Å². The summed E-state index contributed by atoms with van der Waals surface area (Å²) in [5.74, 6) is -1.19.